The molecule has 0 saturated carbocycles. The molecule has 4 rings (SSSR count). The van der Waals surface area contributed by atoms with Gasteiger partial charge in [-0.05, 0) is 41.8 Å². The molecule has 6 nitrogen and oxygen atoms in total. The largest absolute Gasteiger partial charge is 0.326 e. The van der Waals surface area contributed by atoms with E-state index >= 15 is 0 Å². The number of aromatic nitrogens is 3. The molecule has 0 unspecified atom stereocenters. The van der Waals surface area contributed by atoms with Gasteiger partial charge in [0.25, 0.3) is 0 Å². The zero-order valence-electron chi connectivity index (χ0n) is 16.4. The van der Waals surface area contributed by atoms with E-state index in [1.54, 1.807) is 11.3 Å². The molecule has 4 aromatic rings. The van der Waals surface area contributed by atoms with E-state index in [0.717, 1.165) is 16.6 Å². The molecule has 1 amide bonds. The first-order chi connectivity index (χ1) is 15.0. The molecule has 1 N–H and O–H groups in total. The van der Waals surface area contributed by atoms with Crippen LogP contribution in [0.3, 0.4) is 0 Å². The SMILES string of the molecule is CC(=O)Nc1ccc(C(=O)CSc2nnc(-c3cccs3)n2-c2ccccc2)c(F)c1. The summed E-state index contributed by atoms with van der Waals surface area (Å²) in [5, 5.41) is 13.6. The number of nitrogens with one attached hydrogen (secondary N) is 1. The van der Waals surface area contributed by atoms with E-state index in [1.165, 1.54) is 30.8 Å². The number of hydrogen-bond donors (Lipinski definition) is 1. The normalized spacial score (nSPS) is 10.8. The number of thiophene rings is 1. The van der Waals surface area contributed by atoms with E-state index in [1.807, 2.05) is 52.4 Å². The number of thioether (sulfide) groups is 1. The van der Waals surface area contributed by atoms with Gasteiger partial charge in [0, 0.05) is 18.3 Å². The molecule has 2 aromatic heterocycles. The second-order valence-corrected chi connectivity index (χ2v) is 8.43. The van der Waals surface area contributed by atoms with Crippen LogP contribution in [0.2, 0.25) is 0 Å². The highest BCUT2D eigenvalue weighted by atomic mass is 32.2. The Balaban J connectivity index is 1.58. The van der Waals surface area contributed by atoms with Gasteiger partial charge in [-0.2, -0.15) is 0 Å². The Kier molecular flexibility index (Phi) is 6.24. The van der Waals surface area contributed by atoms with Gasteiger partial charge >= 0.3 is 0 Å². The topological polar surface area (TPSA) is 76.9 Å². The van der Waals surface area contributed by atoms with Gasteiger partial charge in [0.05, 0.1) is 16.2 Å². The summed E-state index contributed by atoms with van der Waals surface area (Å²) in [6.45, 7) is 1.33. The minimum Gasteiger partial charge on any atom is -0.326 e. The highest BCUT2D eigenvalue weighted by molar-refractivity contribution is 7.99. The van der Waals surface area contributed by atoms with E-state index in [0.29, 0.717) is 16.7 Å². The van der Waals surface area contributed by atoms with Gasteiger partial charge in [-0.3, -0.25) is 14.2 Å². The summed E-state index contributed by atoms with van der Waals surface area (Å²) in [7, 11) is 0. The minimum atomic E-state index is -0.680. The van der Waals surface area contributed by atoms with Crippen molar-refractivity contribution in [1.82, 2.24) is 14.8 Å². The molecule has 0 bridgehead atoms. The van der Waals surface area contributed by atoms with Crippen molar-refractivity contribution in [3.05, 3.63) is 77.4 Å². The summed E-state index contributed by atoms with van der Waals surface area (Å²) >= 11 is 2.74. The maximum Gasteiger partial charge on any atom is 0.221 e. The Labute approximate surface area is 186 Å². The quantitative estimate of drug-likeness (QED) is 0.313. The summed E-state index contributed by atoms with van der Waals surface area (Å²) in [6, 6.07) is 17.5. The lowest BCUT2D eigenvalue weighted by Gasteiger charge is -2.09. The van der Waals surface area contributed by atoms with Crippen LogP contribution < -0.4 is 5.32 Å². The van der Waals surface area contributed by atoms with Crippen molar-refractivity contribution in [2.45, 2.75) is 12.1 Å². The fourth-order valence-electron chi connectivity index (χ4n) is 2.97. The van der Waals surface area contributed by atoms with E-state index in [-0.39, 0.29) is 23.0 Å². The zero-order chi connectivity index (χ0) is 21.8. The lowest BCUT2D eigenvalue weighted by atomic mass is 10.1. The van der Waals surface area contributed by atoms with Crippen LogP contribution in [0.1, 0.15) is 17.3 Å². The summed E-state index contributed by atoms with van der Waals surface area (Å²) in [6.07, 6.45) is 0. The van der Waals surface area contributed by atoms with Crippen molar-refractivity contribution in [2.24, 2.45) is 0 Å². The van der Waals surface area contributed by atoms with Gasteiger partial charge < -0.3 is 5.32 Å². The molecule has 0 fully saturated rings. The van der Waals surface area contributed by atoms with Crippen molar-refractivity contribution in [3.8, 4) is 16.4 Å². The van der Waals surface area contributed by atoms with Crippen molar-refractivity contribution in [3.63, 3.8) is 0 Å². The average molecular weight is 453 g/mol. The van der Waals surface area contributed by atoms with Gasteiger partial charge in [0.1, 0.15) is 5.82 Å². The number of hydrogen-bond acceptors (Lipinski definition) is 6. The van der Waals surface area contributed by atoms with Crippen LogP contribution in [0.5, 0.6) is 0 Å². The molecule has 0 radical (unpaired) electrons. The molecular weight excluding hydrogens is 435 g/mol. The first kappa shape index (κ1) is 21.0. The Morgan fingerprint density at radius 1 is 1.10 bits per heavy atom. The summed E-state index contributed by atoms with van der Waals surface area (Å²) < 4.78 is 16.3. The Bertz CT molecular complexity index is 1220. The predicted octanol–water partition coefficient (Wildman–Crippen LogP) is 5.07. The third-order valence-corrected chi connectivity index (χ3v) is 6.11. The van der Waals surface area contributed by atoms with Crippen LogP contribution in [0, 0.1) is 5.82 Å². The molecular formula is C22H17FN4O2S2. The summed E-state index contributed by atoms with van der Waals surface area (Å²) in [5.74, 6) is -0.693. The number of rotatable bonds is 7. The second kappa shape index (κ2) is 9.23. The van der Waals surface area contributed by atoms with E-state index in [4.69, 9.17) is 0 Å². The molecule has 31 heavy (non-hydrogen) atoms. The number of carbonyl (C=O) groups is 2. The highest BCUT2D eigenvalue weighted by Crippen LogP contribution is 2.30. The van der Waals surface area contributed by atoms with Crippen molar-refractivity contribution >= 4 is 40.5 Å². The summed E-state index contributed by atoms with van der Waals surface area (Å²) in [5.41, 5.74) is 1.14. The van der Waals surface area contributed by atoms with Gasteiger partial charge in [0.2, 0.25) is 5.91 Å². The van der Waals surface area contributed by atoms with Crippen LogP contribution in [0.25, 0.3) is 16.4 Å². The number of Topliss-reactive ketones (excluding diaryl/α,β-unsaturated/α-hetero) is 1. The van der Waals surface area contributed by atoms with Crippen molar-refractivity contribution in [2.75, 3.05) is 11.1 Å². The van der Waals surface area contributed by atoms with Gasteiger partial charge in [0.15, 0.2) is 16.8 Å². The van der Waals surface area contributed by atoms with Crippen LogP contribution >= 0.6 is 23.1 Å². The Morgan fingerprint density at radius 3 is 2.58 bits per heavy atom. The van der Waals surface area contributed by atoms with Gasteiger partial charge in [-0.15, -0.1) is 21.5 Å². The van der Waals surface area contributed by atoms with Crippen molar-refractivity contribution < 1.29 is 14.0 Å². The maximum absolute atomic E-state index is 14.4. The molecule has 0 saturated heterocycles. The number of para-hydroxylation sites is 1. The predicted molar refractivity (Wildman–Crippen MR) is 120 cm³/mol. The molecule has 0 atom stereocenters. The van der Waals surface area contributed by atoms with E-state index < -0.39 is 5.82 Å². The fraction of sp³-hybridized carbons (Fsp3) is 0.0909. The Hall–Kier alpha value is -3.30. The molecule has 9 heteroatoms. The number of nitrogens with zero attached hydrogens (tertiary/aromatic N) is 3. The monoisotopic (exact) mass is 452 g/mol. The zero-order valence-corrected chi connectivity index (χ0v) is 18.0. The molecule has 0 aliphatic carbocycles. The van der Waals surface area contributed by atoms with Crippen LogP contribution in [-0.4, -0.2) is 32.2 Å². The number of anilines is 1. The molecule has 0 aliphatic heterocycles. The first-order valence-corrected chi connectivity index (χ1v) is 11.2. The minimum absolute atomic E-state index is 0.00812. The molecule has 0 aliphatic rings. The molecule has 156 valence electrons. The number of amides is 1. The smallest absolute Gasteiger partial charge is 0.221 e. The van der Waals surface area contributed by atoms with E-state index in [2.05, 4.69) is 15.5 Å². The lowest BCUT2D eigenvalue weighted by molar-refractivity contribution is -0.114. The van der Waals surface area contributed by atoms with Gasteiger partial charge in [-0.25, -0.2) is 4.39 Å². The third-order valence-electron chi connectivity index (χ3n) is 4.31. The fourth-order valence-corrected chi connectivity index (χ4v) is 4.50. The van der Waals surface area contributed by atoms with Crippen LogP contribution in [0.4, 0.5) is 10.1 Å². The lowest BCUT2D eigenvalue weighted by Crippen LogP contribution is -2.09. The Morgan fingerprint density at radius 2 is 1.90 bits per heavy atom. The number of ketones is 1. The number of halogens is 1. The second-order valence-electron chi connectivity index (χ2n) is 6.54. The average Bonchev–Trinajstić information content (AvgIpc) is 3.42. The number of carbonyl (C=O) groups excluding carboxylic acids is 2. The maximum atomic E-state index is 14.4. The molecule has 2 aromatic carbocycles. The van der Waals surface area contributed by atoms with Crippen LogP contribution in [0.15, 0.2) is 71.2 Å². The summed E-state index contributed by atoms with van der Waals surface area (Å²) in [4.78, 5) is 24.7. The highest BCUT2D eigenvalue weighted by Gasteiger charge is 2.19. The molecule has 0 spiro atoms. The standard InChI is InChI=1S/C22H17FN4O2S2/c1-14(28)24-15-9-10-17(18(23)12-15)19(29)13-31-22-26-25-21(20-8-5-11-30-20)27(22)16-6-3-2-4-7-16/h2-12H,13H2,1H3,(H,24,28). The van der Waals surface area contributed by atoms with Crippen LogP contribution in [-0.2, 0) is 4.79 Å². The first-order valence-electron chi connectivity index (χ1n) is 9.31. The van der Waals surface area contributed by atoms with Gasteiger partial charge in [-0.1, -0.05) is 36.0 Å². The van der Waals surface area contributed by atoms with Crippen molar-refractivity contribution in [1.29, 1.82) is 0 Å². The third kappa shape index (κ3) is 4.73. The van der Waals surface area contributed by atoms with E-state index in [9.17, 15) is 14.0 Å². The molecule has 2 heterocycles. The number of benzene rings is 2.